The van der Waals surface area contributed by atoms with Crippen molar-refractivity contribution in [2.45, 2.75) is 25.2 Å². The van der Waals surface area contributed by atoms with Crippen molar-refractivity contribution >= 4 is 17.7 Å². The number of alkyl halides is 3. The van der Waals surface area contributed by atoms with E-state index in [1.54, 1.807) is 0 Å². The minimum Gasteiger partial charge on any atom is -0.406 e. The molecule has 1 aliphatic rings. The summed E-state index contributed by atoms with van der Waals surface area (Å²) < 4.78 is 40.1. The number of amides is 3. The third kappa shape index (κ3) is 4.21. The van der Waals surface area contributed by atoms with Crippen molar-refractivity contribution in [2.75, 3.05) is 0 Å². The van der Waals surface area contributed by atoms with E-state index >= 15 is 0 Å². The van der Waals surface area contributed by atoms with Gasteiger partial charge in [0.25, 0.3) is 5.91 Å². The molecule has 0 aromatic heterocycles. The maximum absolute atomic E-state index is 12.1. The van der Waals surface area contributed by atoms with Gasteiger partial charge >= 0.3 is 6.36 Å². The maximum atomic E-state index is 12.1. The van der Waals surface area contributed by atoms with Gasteiger partial charge in [-0.25, -0.2) is 0 Å². The van der Waals surface area contributed by atoms with Crippen LogP contribution in [0.5, 0.6) is 5.75 Å². The molecule has 0 bridgehead atoms. The van der Waals surface area contributed by atoms with E-state index in [1.807, 2.05) is 0 Å². The Morgan fingerprint density at radius 3 is 2.68 bits per heavy atom. The van der Waals surface area contributed by atoms with Crippen molar-refractivity contribution in [3.8, 4) is 5.75 Å². The molecule has 118 valence electrons. The second kappa shape index (κ2) is 6.04. The SMILES string of the molecule is O=C1CCC(NC(=O)c2cccc(OC(F)(F)F)c2)C(=O)N1. The number of nitrogens with one attached hydrogen (secondary N) is 2. The van der Waals surface area contributed by atoms with E-state index in [2.05, 4.69) is 15.4 Å². The first kappa shape index (κ1) is 15.8. The van der Waals surface area contributed by atoms with Crippen LogP contribution in [0.4, 0.5) is 13.2 Å². The second-order valence-electron chi connectivity index (χ2n) is 4.55. The van der Waals surface area contributed by atoms with Crippen LogP contribution in [0, 0.1) is 0 Å². The smallest absolute Gasteiger partial charge is 0.406 e. The van der Waals surface area contributed by atoms with Crippen molar-refractivity contribution < 1.29 is 32.3 Å². The number of halogens is 3. The maximum Gasteiger partial charge on any atom is 0.573 e. The van der Waals surface area contributed by atoms with E-state index in [9.17, 15) is 27.6 Å². The lowest BCUT2D eigenvalue weighted by Gasteiger charge is -2.21. The molecule has 0 aliphatic carbocycles. The summed E-state index contributed by atoms with van der Waals surface area (Å²) in [5.74, 6) is -2.35. The van der Waals surface area contributed by atoms with Crippen LogP contribution in [-0.2, 0) is 9.59 Å². The Labute approximate surface area is 122 Å². The molecular weight excluding hydrogens is 305 g/mol. The van der Waals surface area contributed by atoms with Gasteiger partial charge in [-0.2, -0.15) is 0 Å². The van der Waals surface area contributed by atoms with Gasteiger partial charge < -0.3 is 10.1 Å². The minimum absolute atomic E-state index is 0.0773. The van der Waals surface area contributed by atoms with E-state index in [4.69, 9.17) is 0 Å². The topological polar surface area (TPSA) is 84.5 Å². The van der Waals surface area contributed by atoms with Gasteiger partial charge in [0, 0.05) is 12.0 Å². The van der Waals surface area contributed by atoms with E-state index in [1.165, 1.54) is 12.1 Å². The summed E-state index contributed by atoms with van der Waals surface area (Å²) in [5.41, 5.74) is -0.0912. The van der Waals surface area contributed by atoms with Crippen LogP contribution >= 0.6 is 0 Å². The lowest BCUT2D eigenvalue weighted by molar-refractivity contribution is -0.274. The second-order valence-corrected chi connectivity index (χ2v) is 4.55. The fraction of sp³-hybridized carbons (Fsp3) is 0.308. The standard InChI is InChI=1S/C13H11F3N2O4/c14-13(15,16)22-8-3-1-2-7(6-8)11(20)17-9-4-5-10(19)18-12(9)21/h1-3,6,9H,4-5H2,(H,17,20)(H,18,19,21). The summed E-state index contributed by atoms with van der Waals surface area (Å²) in [6.45, 7) is 0. The van der Waals surface area contributed by atoms with Crippen molar-refractivity contribution in [1.29, 1.82) is 0 Å². The first-order valence-electron chi connectivity index (χ1n) is 6.25. The highest BCUT2D eigenvalue weighted by atomic mass is 19.4. The Balaban J connectivity index is 2.05. The zero-order valence-corrected chi connectivity index (χ0v) is 11.1. The van der Waals surface area contributed by atoms with Crippen molar-refractivity contribution in [2.24, 2.45) is 0 Å². The summed E-state index contributed by atoms with van der Waals surface area (Å²) in [7, 11) is 0. The highest BCUT2D eigenvalue weighted by Gasteiger charge is 2.32. The molecule has 0 spiro atoms. The average Bonchev–Trinajstić information content (AvgIpc) is 2.40. The number of hydrogen-bond acceptors (Lipinski definition) is 4. The predicted octanol–water partition coefficient (Wildman–Crippen LogP) is 1.12. The van der Waals surface area contributed by atoms with Gasteiger partial charge in [-0.15, -0.1) is 13.2 Å². The molecular formula is C13H11F3N2O4. The Morgan fingerprint density at radius 2 is 2.05 bits per heavy atom. The molecule has 1 unspecified atom stereocenters. The molecule has 2 rings (SSSR count). The fourth-order valence-corrected chi connectivity index (χ4v) is 1.91. The van der Waals surface area contributed by atoms with Gasteiger partial charge in [0.05, 0.1) is 0 Å². The van der Waals surface area contributed by atoms with Crippen LogP contribution in [-0.4, -0.2) is 30.1 Å². The third-order valence-electron chi connectivity index (χ3n) is 2.87. The summed E-state index contributed by atoms with van der Waals surface area (Å²) in [5, 5.41) is 4.42. The number of rotatable bonds is 3. The Kier molecular flexibility index (Phi) is 4.34. The van der Waals surface area contributed by atoms with E-state index in [-0.39, 0.29) is 18.4 Å². The van der Waals surface area contributed by atoms with Crippen LogP contribution in [0.3, 0.4) is 0 Å². The first-order valence-corrected chi connectivity index (χ1v) is 6.25. The highest BCUT2D eigenvalue weighted by Crippen LogP contribution is 2.23. The molecule has 22 heavy (non-hydrogen) atoms. The van der Waals surface area contributed by atoms with Crippen molar-refractivity contribution in [3.63, 3.8) is 0 Å². The van der Waals surface area contributed by atoms with Gasteiger partial charge in [-0.1, -0.05) is 6.07 Å². The monoisotopic (exact) mass is 316 g/mol. The number of ether oxygens (including phenoxy) is 1. The molecule has 6 nitrogen and oxygen atoms in total. The molecule has 0 radical (unpaired) electrons. The molecule has 1 atom stereocenters. The summed E-state index contributed by atoms with van der Waals surface area (Å²) >= 11 is 0. The number of carbonyl (C=O) groups is 3. The zero-order valence-electron chi connectivity index (χ0n) is 11.1. The van der Waals surface area contributed by atoms with E-state index < -0.39 is 35.9 Å². The summed E-state index contributed by atoms with van der Waals surface area (Å²) in [6.07, 6.45) is -4.65. The van der Waals surface area contributed by atoms with Crippen LogP contribution < -0.4 is 15.4 Å². The molecule has 9 heteroatoms. The van der Waals surface area contributed by atoms with Gasteiger partial charge in [0.2, 0.25) is 11.8 Å². The summed E-state index contributed by atoms with van der Waals surface area (Å²) in [6, 6.07) is 3.56. The Morgan fingerprint density at radius 1 is 1.32 bits per heavy atom. The van der Waals surface area contributed by atoms with E-state index in [0.29, 0.717) is 0 Å². The van der Waals surface area contributed by atoms with Crippen LogP contribution in [0.15, 0.2) is 24.3 Å². The van der Waals surface area contributed by atoms with E-state index in [0.717, 1.165) is 12.1 Å². The minimum atomic E-state index is -4.86. The lowest BCUT2D eigenvalue weighted by Crippen LogP contribution is -2.52. The third-order valence-corrected chi connectivity index (χ3v) is 2.87. The molecule has 0 saturated carbocycles. The molecule has 1 fully saturated rings. The number of piperidine rings is 1. The number of benzene rings is 1. The Bertz CT molecular complexity index is 616. The fourth-order valence-electron chi connectivity index (χ4n) is 1.91. The Hall–Kier alpha value is -2.58. The normalized spacial score (nSPS) is 18.6. The highest BCUT2D eigenvalue weighted by molar-refractivity contribution is 6.03. The van der Waals surface area contributed by atoms with Gasteiger partial charge in [-0.3, -0.25) is 19.7 Å². The zero-order chi connectivity index (χ0) is 16.3. The van der Waals surface area contributed by atoms with Crippen molar-refractivity contribution in [3.05, 3.63) is 29.8 Å². The average molecular weight is 316 g/mol. The van der Waals surface area contributed by atoms with Gasteiger partial charge in [0.1, 0.15) is 11.8 Å². The molecule has 3 amide bonds. The van der Waals surface area contributed by atoms with Gasteiger partial charge in [-0.05, 0) is 24.6 Å². The molecule has 2 N–H and O–H groups in total. The molecule has 1 aromatic carbocycles. The number of hydrogen-bond donors (Lipinski definition) is 2. The van der Waals surface area contributed by atoms with Crippen molar-refractivity contribution in [1.82, 2.24) is 10.6 Å². The molecule has 1 aliphatic heterocycles. The van der Waals surface area contributed by atoms with Crippen LogP contribution in [0.25, 0.3) is 0 Å². The first-order chi connectivity index (χ1) is 10.2. The number of carbonyl (C=O) groups excluding carboxylic acids is 3. The van der Waals surface area contributed by atoms with Gasteiger partial charge in [0.15, 0.2) is 0 Å². The quantitative estimate of drug-likeness (QED) is 0.819. The molecule has 1 heterocycles. The largest absolute Gasteiger partial charge is 0.573 e. The number of imide groups is 1. The molecule has 1 saturated heterocycles. The molecule has 1 aromatic rings. The van der Waals surface area contributed by atoms with Crippen LogP contribution in [0.2, 0.25) is 0 Å². The summed E-state index contributed by atoms with van der Waals surface area (Å²) in [4.78, 5) is 34.4. The predicted molar refractivity (Wildman–Crippen MR) is 66.8 cm³/mol. The lowest BCUT2D eigenvalue weighted by atomic mass is 10.1. The van der Waals surface area contributed by atoms with Crippen LogP contribution in [0.1, 0.15) is 23.2 Å².